The van der Waals surface area contributed by atoms with Crippen LogP contribution in [0.2, 0.25) is 5.02 Å². The number of carbonyl (C=O) groups is 1. The van der Waals surface area contributed by atoms with Crippen molar-refractivity contribution in [3.05, 3.63) is 64.5 Å². The van der Waals surface area contributed by atoms with Crippen molar-refractivity contribution in [2.75, 3.05) is 12.4 Å². The van der Waals surface area contributed by atoms with E-state index in [1.54, 1.807) is 31.4 Å². The number of nitrogens with one attached hydrogen (secondary N) is 2. The number of carbonyl (C=O) groups excluding carboxylic acids is 1. The smallest absolute Gasteiger partial charge is 0.258 e. The van der Waals surface area contributed by atoms with Crippen LogP contribution in [0.15, 0.2) is 53.9 Å². The molecule has 26 heavy (non-hydrogen) atoms. The number of benzene rings is 2. The molecule has 0 bridgehead atoms. The topological polar surface area (TPSA) is 63.2 Å². The molecule has 0 saturated heterocycles. The van der Waals surface area contributed by atoms with E-state index in [0.717, 1.165) is 17.0 Å². The van der Waals surface area contributed by atoms with E-state index in [9.17, 15) is 4.79 Å². The zero-order valence-electron chi connectivity index (χ0n) is 13.7. The second kappa shape index (κ2) is 8.27. The van der Waals surface area contributed by atoms with Crippen molar-refractivity contribution in [3.8, 4) is 17.0 Å². The first kappa shape index (κ1) is 18.3. The molecule has 0 aliphatic carbocycles. The summed E-state index contributed by atoms with van der Waals surface area (Å²) in [6, 6.07) is 14.4. The van der Waals surface area contributed by atoms with Gasteiger partial charge < -0.3 is 10.1 Å². The first-order valence-electron chi connectivity index (χ1n) is 7.53. The van der Waals surface area contributed by atoms with Crippen LogP contribution in [0.3, 0.4) is 0 Å². The van der Waals surface area contributed by atoms with Crippen molar-refractivity contribution in [2.24, 2.45) is 0 Å². The van der Waals surface area contributed by atoms with E-state index in [4.69, 9.17) is 28.6 Å². The lowest BCUT2D eigenvalue weighted by atomic mass is 10.2. The van der Waals surface area contributed by atoms with E-state index in [1.807, 2.05) is 29.6 Å². The Labute approximate surface area is 165 Å². The van der Waals surface area contributed by atoms with Crippen molar-refractivity contribution in [3.63, 3.8) is 0 Å². The van der Waals surface area contributed by atoms with Crippen LogP contribution in [-0.2, 0) is 0 Å². The predicted octanol–water partition coefficient (Wildman–Crippen LogP) is 4.60. The van der Waals surface area contributed by atoms with Gasteiger partial charge >= 0.3 is 0 Å². The molecule has 0 radical (unpaired) electrons. The number of thiazole rings is 1. The van der Waals surface area contributed by atoms with Crippen LogP contribution in [0.5, 0.6) is 5.75 Å². The van der Waals surface area contributed by atoms with E-state index in [2.05, 4.69) is 15.6 Å². The normalized spacial score (nSPS) is 10.2. The van der Waals surface area contributed by atoms with Gasteiger partial charge in [-0.25, -0.2) is 4.98 Å². The number of hydrogen-bond acceptors (Lipinski definition) is 5. The van der Waals surface area contributed by atoms with E-state index in [0.29, 0.717) is 15.7 Å². The number of hydrogen-bond donors (Lipinski definition) is 2. The first-order valence-corrected chi connectivity index (χ1v) is 9.20. The predicted molar refractivity (Wildman–Crippen MR) is 109 cm³/mol. The van der Waals surface area contributed by atoms with Crippen LogP contribution in [0.4, 0.5) is 5.13 Å². The lowest BCUT2D eigenvalue weighted by Gasteiger charge is -2.08. The van der Waals surface area contributed by atoms with Crippen molar-refractivity contribution >= 4 is 51.3 Å². The van der Waals surface area contributed by atoms with E-state index in [-0.39, 0.29) is 11.0 Å². The molecule has 8 heteroatoms. The molecule has 1 aromatic heterocycles. The molecule has 1 heterocycles. The fourth-order valence-corrected chi connectivity index (χ4v) is 3.37. The van der Waals surface area contributed by atoms with Crippen molar-refractivity contribution < 1.29 is 9.53 Å². The molecule has 0 spiro atoms. The molecule has 0 saturated carbocycles. The Bertz CT molecular complexity index is 942. The van der Waals surface area contributed by atoms with E-state index >= 15 is 0 Å². The number of methoxy groups -OCH3 is 1. The summed E-state index contributed by atoms with van der Waals surface area (Å²) in [5.74, 6) is 0.408. The van der Waals surface area contributed by atoms with Gasteiger partial charge in [-0.2, -0.15) is 0 Å². The molecular formula is C18H14ClN3O2S2. The highest BCUT2D eigenvalue weighted by atomic mass is 35.5. The lowest BCUT2D eigenvalue weighted by molar-refractivity contribution is 0.0978. The number of anilines is 1. The van der Waals surface area contributed by atoms with Gasteiger partial charge in [0.05, 0.1) is 23.4 Å². The van der Waals surface area contributed by atoms with Crippen molar-refractivity contribution in [1.82, 2.24) is 10.3 Å². The van der Waals surface area contributed by atoms with E-state index in [1.165, 1.54) is 11.3 Å². The van der Waals surface area contributed by atoms with Gasteiger partial charge in [-0.05, 0) is 48.6 Å². The number of thiocarbonyl (C=S) groups is 1. The van der Waals surface area contributed by atoms with Crippen LogP contribution < -0.4 is 15.4 Å². The van der Waals surface area contributed by atoms with Crippen molar-refractivity contribution in [1.29, 1.82) is 0 Å². The maximum atomic E-state index is 12.2. The molecule has 0 unspecified atom stereocenters. The molecule has 3 aromatic rings. The Morgan fingerprint density at radius 1 is 1.19 bits per heavy atom. The number of nitrogens with zero attached hydrogens (tertiary/aromatic N) is 1. The Kier molecular flexibility index (Phi) is 5.82. The molecule has 2 N–H and O–H groups in total. The number of rotatable bonds is 4. The molecule has 0 atom stereocenters. The van der Waals surface area contributed by atoms with Gasteiger partial charge in [-0.15, -0.1) is 11.3 Å². The van der Waals surface area contributed by atoms with Crippen LogP contribution in [0.1, 0.15) is 10.4 Å². The van der Waals surface area contributed by atoms with Crippen LogP contribution in [-0.4, -0.2) is 23.1 Å². The Hall–Kier alpha value is -2.48. The van der Waals surface area contributed by atoms with Gasteiger partial charge in [0, 0.05) is 10.9 Å². The molecule has 0 fully saturated rings. The second-order valence-corrected chi connectivity index (χ2v) is 6.83. The summed E-state index contributed by atoms with van der Waals surface area (Å²) in [5, 5.41) is 8.52. The molecule has 2 aromatic carbocycles. The van der Waals surface area contributed by atoms with Gasteiger partial charge in [0.1, 0.15) is 5.75 Å². The van der Waals surface area contributed by atoms with Crippen LogP contribution in [0.25, 0.3) is 11.3 Å². The highest BCUT2D eigenvalue weighted by molar-refractivity contribution is 7.80. The molecule has 0 aliphatic rings. The number of amides is 1. The Balaban J connectivity index is 1.64. The quantitative estimate of drug-likeness (QED) is 0.623. The minimum absolute atomic E-state index is 0.158. The first-order chi connectivity index (χ1) is 12.6. The fourth-order valence-electron chi connectivity index (χ4n) is 2.17. The minimum atomic E-state index is -0.375. The molecule has 5 nitrogen and oxygen atoms in total. The third-order valence-electron chi connectivity index (χ3n) is 3.46. The summed E-state index contributed by atoms with van der Waals surface area (Å²) in [6.45, 7) is 0. The maximum absolute atomic E-state index is 12.2. The average Bonchev–Trinajstić information content (AvgIpc) is 3.10. The van der Waals surface area contributed by atoms with Crippen LogP contribution in [0, 0.1) is 0 Å². The van der Waals surface area contributed by atoms with E-state index < -0.39 is 0 Å². The van der Waals surface area contributed by atoms with Gasteiger partial charge in [0.15, 0.2) is 10.2 Å². The highest BCUT2D eigenvalue weighted by Crippen LogP contribution is 2.26. The molecular weight excluding hydrogens is 390 g/mol. The van der Waals surface area contributed by atoms with Gasteiger partial charge in [0.2, 0.25) is 0 Å². The number of halogens is 1. The largest absolute Gasteiger partial charge is 0.497 e. The third kappa shape index (κ3) is 4.37. The fraction of sp³-hybridized carbons (Fsp3) is 0.0556. The minimum Gasteiger partial charge on any atom is -0.497 e. The number of ether oxygens (including phenoxy) is 1. The Morgan fingerprint density at radius 3 is 2.62 bits per heavy atom. The summed E-state index contributed by atoms with van der Waals surface area (Å²) in [5.41, 5.74) is 2.12. The zero-order chi connectivity index (χ0) is 18.5. The van der Waals surface area contributed by atoms with Crippen molar-refractivity contribution in [2.45, 2.75) is 0 Å². The second-order valence-electron chi connectivity index (χ2n) is 5.15. The maximum Gasteiger partial charge on any atom is 0.258 e. The summed E-state index contributed by atoms with van der Waals surface area (Å²) < 4.78 is 5.15. The van der Waals surface area contributed by atoms with Gasteiger partial charge in [0.25, 0.3) is 5.91 Å². The third-order valence-corrected chi connectivity index (χ3v) is 4.75. The summed E-state index contributed by atoms with van der Waals surface area (Å²) in [6.07, 6.45) is 0. The monoisotopic (exact) mass is 403 g/mol. The lowest BCUT2D eigenvalue weighted by Crippen LogP contribution is -2.34. The van der Waals surface area contributed by atoms with Gasteiger partial charge in [-0.3, -0.25) is 10.1 Å². The van der Waals surface area contributed by atoms with Gasteiger partial charge in [-0.1, -0.05) is 23.7 Å². The number of aromatic nitrogens is 1. The summed E-state index contributed by atoms with van der Waals surface area (Å²) in [7, 11) is 1.62. The summed E-state index contributed by atoms with van der Waals surface area (Å²) in [4.78, 5) is 16.7. The van der Waals surface area contributed by atoms with Crippen LogP contribution >= 0.6 is 35.2 Å². The average molecular weight is 404 g/mol. The molecule has 0 aliphatic heterocycles. The highest BCUT2D eigenvalue weighted by Gasteiger charge is 2.12. The standard InChI is InChI=1S/C18H14ClN3O2S2/c1-24-12-8-6-11(7-9-12)15-10-26-18(20-15)22-17(25)21-16(23)13-4-2-3-5-14(13)19/h2-10H,1H3,(H2,20,21,22,23,25). The molecule has 1 amide bonds. The molecule has 132 valence electrons. The summed E-state index contributed by atoms with van der Waals surface area (Å²) >= 11 is 12.6. The SMILES string of the molecule is COc1ccc(-c2csc(NC(=S)NC(=O)c3ccccc3Cl)n2)cc1. The Morgan fingerprint density at radius 2 is 1.92 bits per heavy atom. The molecule has 3 rings (SSSR count). The zero-order valence-corrected chi connectivity index (χ0v) is 16.0.